The lowest BCUT2D eigenvalue weighted by molar-refractivity contribution is -0.0214. The molecule has 1 heterocycles. The molecule has 1 N–H and O–H groups in total. The van der Waals surface area contributed by atoms with E-state index < -0.39 is 10.5 Å². The first-order chi connectivity index (χ1) is 12.0. The Morgan fingerprint density at radius 2 is 2.28 bits per heavy atom. The van der Waals surface area contributed by atoms with Crippen molar-refractivity contribution in [1.82, 2.24) is 9.55 Å². The van der Waals surface area contributed by atoms with Gasteiger partial charge in [0.1, 0.15) is 23.2 Å². The van der Waals surface area contributed by atoms with Crippen molar-refractivity contribution in [1.29, 1.82) is 5.26 Å². The van der Waals surface area contributed by atoms with E-state index in [1.165, 1.54) is 12.3 Å². The molecule has 0 saturated heterocycles. The molecule has 1 aromatic carbocycles. The summed E-state index contributed by atoms with van der Waals surface area (Å²) in [5.41, 5.74) is 0.655. The van der Waals surface area contributed by atoms with Crippen molar-refractivity contribution in [3.05, 3.63) is 53.4 Å². The number of nitriles is 1. The van der Waals surface area contributed by atoms with E-state index in [2.05, 4.69) is 11.1 Å². The second kappa shape index (κ2) is 5.82. The Morgan fingerprint density at radius 3 is 3.00 bits per heavy atom. The van der Waals surface area contributed by atoms with Crippen LogP contribution in [-0.4, -0.2) is 25.1 Å². The number of benzene rings is 1. The first-order valence-corrected chi connectivity index (χ1v) is 8.95. The molecule has 25 heavy (non-hydrogen) atoms. The Bertz CT molecular complexity index is 855. The maximum atomic E-state index is 14.3. The van der Waals surface area contributed by atoms with Crippen molar-refractivity contribution in [2.45, 2.75) is 55.0 Å². The summed E-state index contributed by atoms with van der Waals surface area (Å²) in [5.74, 6) is -0.481. The average molecular weight is 360 g/mol. The zero-order chi connectivity index (χ0) is 17.7. The Morgan fingerprint density at radius 1 is 1.48 bits per heavy atom. The van der Waals surface area contributed by atoms with Crippen molar-refractivity contribution in [3.8, 4) is 6.07 Å². The molecule has 1 aromatic heterocycles. The molecule has 4 nitrogen and oxygen atoms in total. The van der Waals surface area contributed by atoms with Gasteiger partial charge in [-0.05, 0) is 49.3 Å². The standard InChI is InChI=1S/C19H19ClFN3O/c20-18(7-8-18)19(25,11-24-12-23-10-13(24)9-22)16-5-1-4-15-14(16)3-2-6-17(15)21/h2-3,6,10,12,16,25H,1,4-5,7-8,11H2. The zero-order valence-corrected chi connectivity index (χ0v) is 14.5. The lowest BCUT2D eigenvalue weighted by atomic mass is 9.70. The first-order valence-electron chi connectivity index (χ1n) is 8.57. The SMILES string of the molecule is N#Cc1cncn1CC(O)(C1CCCc2c(F)cccc21)C1(Cl)CC1. The molecule has 2 aliphatic rings. The van der Waals surface area contributed by atoms with Crippen molar-refractivity contribution in [3.63, 3.8) is 0 Å². The first kappa shape index (κ1) is 16.6. The number of imidazole rings is 1. The van der Waals surface area contributed by atoms with Gasteiger partial charge in [-0.2, -0.15) is 5.26 Å². The van der Waals surface area contributed by atoms with Crippen LogP contribution < -0.4 is 0 Å². The summed E-state index contributed by atoms with van der Waals surface area (Å²) in [6, 6.07) is 7.15. The third-order valence-electron chi connectivity index (χ3n) is 5.73. The zero-order valence-electron chi connectivity index (χ0n) is 13.8. The van der Waals surface area contributed by atoms with Gasteiger partial charge in [0, 0.05) is 5.92 Å². The maximum absolute atomic E-state index is 14.3. The molecule has 2 aliphatic carbocycles. The van der Waals surface area contributed by atoms with Crippen LogP contribution in [0.4, 0.5) is 4.39 Å². The quantitative estimate of drug-likeness (QED) is 0.849. The van der Waals surface area contributed by atoms with E-state index in [1.807, 2.05) is 6.07 Å². The Hall–Kier alpha value is -1.90. The maximum Gasteiger partial charge on any atom is 0.139 e. The fourth-order valence-corrected chi connectivity index (χ4v) is 4.49. The second-order valence-corrected chi connectivity index (χ2v) is 7.88. The number of hydrogen-bond acceptors (Lipinski definition) is 3. The highest BCUT2D eigenvalue weighted by Gasteiger charge is 2.62. The number of hydrogen-bond donors (Lipinski definition) is 1. The summed E-state index contributed by atoms with van der Waals surface area (Å²) >= 11 is 6.74. The molecule has 2 atom stereocenters. The Kier molecular flexibility index (Phi) is 3.86. The summed E-state index contributed by atoms with van der Waals surface area (Å²) in [6.45, 7) is 0.181. The van der Waals surface area contributed by atoms with Gasteiger partial charge >= 0.3 is 0 Å². The van der Waals surface area contributed by atoms with Crippen LogP contribution in [0.1, 0.15) is 48.4 Å². The topological polar surface area (TPSA) is 61.8 Å². The number of aliphatic hydroxyl groups is 1. The highest BCUT2D eigenvalue weighted by molar-refractivity contribution is 6.26. The van der Waals surface area contributed by atoms with Crippen LogP contribution in [-0.2, 0) is 13.0 Å². The summed E-state index contributed by atoms with van der Waals surface area (Å²) in [6.07, 6.45) is 6.68. The minimum absolute atomic E-state index is 0.181. The van der Waals surface area contributed by atoms with Crippen molar-refractivity contribution in [2.75, 3.05) is 0 Å². The number of fused-ring (bicyclic) bond motifs is 1. The van der Waals surface area contributed by atoms with Crippen LogP contribution in [0.5, 0.6) is 0 Å². The number of rotatable bonds is 4. The summed E-state index contributed by atoms with van der Waals surface area (Å²) in [7, 11) is 0. The average Bonchev–Trinajstić information content (AvgIpc) is 3.22. The van der Waals surface area contributed by atoms with E-state index in [4.69, 9.17) is 11.6 Å². The van der Waals surface area contributed by atoms with E-state index >= 15 is 0 Å². The Balaban J connectivity index is 1.79. The predicted octanol–water partition coefficient (Wildman–Crippen LogP) is 3.52. The van der Waals surface area contributed by atoms with Gasteiger partial charge in [-0.3, -0.25) is 0 Å². The van der Waals surface area contributed by atoms with Crippen LogP contribution in [0.15, 0.2) is 30.7 Å². The molecule has 0 radical (unpaired) electrons. The molecule has 2 aromatic rings. The van der Waals surface area contributed by atoms with Gasteiger partial charge in [0.15, 0.2) is 0 Å². The van der Waals surface area contributed by atoms with Gasteiger partial charge in [0.2, 0.25) is 0 Å². The molecular weight excluding hydrogens is 341 g/mol. The lowest BCUT2D eigenvalue weighted by Gasteiger charge is -2.43. The van der Waals surface area contributed by atoms with Crippen LogP contribution in [0.3, 0.4) is 0 Å². The molecule has 2 unspecified atom stereocenters. The molecule has 1 fully saturated rings. The van der Waals surface area contributed by atoms with Crippen LogP contribution >= 0.6 is 11.6 Å². The summed E-state index contributed by atoms with van der Waals surface area (Å²) in [5, 5.41) is 21.0. The molecule has 130 valence electrons. The monoisotopic (exact) mass is 359 g/mol. The van der Waals surface area contributed by atoms with Gasteiger partial charge < -0.3 is 9.67 Å². The molecular formula is C19H19ClFN3O. The third kappa shape index (κ3) is 2.56. The van der Waals surface area contributed by atoms with Crippen molar-refractivity contribution >= 4 is 11.6 Å². The highest BCUT2D eigenvalue weighted by Crippen LogP contribution is 2.58. The summed E-state index contributed by atoms with van der Waals surface area (Å²) < 4.78 is 15.9. The third-order valence-corrected chi connectivity index (χ3v) is 6.43. The normalized spacial score (nSPS) is 23.4. The van der Waals surface area contributed by atoms with Crippen LogP contribution in [0.25, 0.3) is 0 Å². The van der Waals surface area contributed by atoms with E-state index in [9.17, 15) is 14.8 Å². The van der Waals surface area contributed by atoms with E-state index in [0.29, 0.717) is 30.5 Å². The molecule has 0 spiro atoms. The smallest absolute Gasteiger partial charge is 0.139 e. The predicted molar refractivity (Wildman–Crippen MR) is 91.8 cm³/mol. The second-order valence-electron chi connectivity index (χ2n) is 7.16. The molecule has 0 aliphatic heterocycles. The minimum Gasteiger partial charge on any atom is -0.386 e. The van der Waals surface area contributed by atoms with Crippen molar-refractivity contribution in [2.24, 2.45) is 0 Å². The molecule has 4 rings (SSSR count). The minimum atomic E-state index is -1.26. The summed E-state index contributed by atoms with van der Waals surface area (Å²) in [4.78, 5) is 3.27. The largest absolute Gasteiger partial charge is 0.386 e. The van der Waals surface area contributed by atoms with E-state index in [1.54, 1.807) is 17.0 Å². The van der Waals surface area contributed by atoms with Crippen LogP contribution in [0, 0.1) is 17.1 Å². The van der Waals surface area contributed by atoms with E-state index in [0.717, 1.165) is 18.4 Å². The number of alkyl halides is 1. The number of halogens is 2. The Labute approximate surface area is 150 Å². The molecule has 0 amide bonds. The number of aromatic nitrogens is 2. The molecule has 1 saturated carbocycles. The van der Waals surface area contributed by atoms with Crippen molar-refractivity contribution < 1.29 is 9.50 Å². The van der Waals surface area contributed by atoms with Gasteiger partial charge in [0.05, 0.1) is 23.9 Å². The lowest BCUT2D eigenvalue weighted by Crippen LogP contribution is -2.51. The van der Waals surface area contributed by atoms with Gasteiger partial charge in [-0.15, -0.1) is 11.6 Å². The fourth-order valence-electron chi connectivity index (χ4n) is 4.21. The van der Waals surface area contributed by atoms with Gasteiger partial charge in [0.25, 0.3) is 0 Å². The molecule has 0 bridgehead atoms. The van der Waals surface area contributed by atoms with E-state index in [-0.39, 0.29) is 18.3 Å². The molecule has 6 heteroatoms. The fraction of sp³-hybridized carbons (Fsp3) is 0.474. The number of nitrogens with zero attached hydrogens (tertiary/aromatic N) is 3. The van der Waals surface area contributed by atoms with Gasteiger partial charge in [-0.25, -0.2) is 9.37 Å². The van der Waals surface area contributed by atoms with Crippen LogP contribution in [0.2, 0.25) is 0 Å². The highest BCUT2D eigenvalue weighted by atomic mass is 35.5. The van der Waals surface area contributed by atoms with Gasteiger partial charge in [-0.1, -0.05) is 12.1 Å².